The minimum Gasteiger partial charge on any atom is -0.481 e. The minimum atomic E-state index is -1.35. The third-order valence-corrected chi connectivity index (χ3v) is 6.17. The lowest BCUT2D eigenvalue weighted by atomic mass is 10.0. The molecule has 1 aliphatic rings. The van der Waals surface area contributed by atoms with E-state index >= 15 is 0 Å². The summed E-state index contributed by atoms with van der Waals surface area (Å²) < 4.78 is 0. The largest absolute Gasteiger partial charge is 0.481 e. The summed E-state index contributed by atoms with van der Waals surface area (Å²) in [7, 11) is 0. The summed E-state index contributed by atoms with van der Waals surface area (Å²) in [4.78, 5) is 68.9. The van der Waals surface area contributed by atoms with Crippen molar-refractivity contribution in [3.05, 3.63) is 54.1 Å². The lowest BCUT2D eigenvalue weighted by Gasteiger charge is -2.25. The molecule has 0 bridgehead atoms. The lowest BCUT2D eigenvalue weighted by molar-refractivity contribution is -0.143. The zero-order chi connectivity index (χ0) is 27.5. The van der Waals surface area contributed by atoms with Crippen LogP contribution in [0.5, 0.6) is 0 Å². The number of nitrogens with one attached hydrogen (secondary N) is 5. The summed E-state index contributed by atoms with van der Waals surface area (Å²) in [6.07, 6.45) is 3.67. The summed E-state index contributed by atoms with van der Waals surface area (Å²) in [5.41, 5.74) is 1.24. The third kappa shape index (κ3) is 8.69. The highest BCUT2D eigenvalue weighted by atomic mass is 16.4. The van der Waals surface area contributed by atoms with E-state index in [-0.39, 0.29) is 25.2 Å². The topological polar surface area (TPSA) is 203 Å². The molecule has 4 unspecified atom stereocenters. The summed E-state index contributed by atoms with van der Waals surface area (Å²) in [6, 6.07) is 4.49. The Morgan fingerprint density at radius 3 is 2.26 bits per heavy atom. The first kappa shape index (κ1) is 28.3. The van der Waals surface area contributed by atoms with Crippen LogP contribution in [0.4, 0.5) is 0 Å². The number of carboxylic acid groups (broad SMARTS) is 2. The fourth-order valence-electron chi connectivity index (χ4n) is 4.14. The highest BCUT2D eigenvalue weighted by molar-refractivity contribution is 5.94. The van der Waals surface area contributed by atoms with Gasteiger partial charge < -0.3 is 36.5 Å². The second-order valence-electron chi connectivity index (χ2n) is 9.07. The van der Waals surface area contributed by atoms with Crippen molar-refractivity contribution in [2.24, 2.45) is 0 Å². The van der Waals surface area contributed by atoms with E-state index in [1.54, 1.807) is 30.3 Å². The zero-order valence-electron chi connectivity index (χ0n) is 20.7. The number of rotatable bonds is 14. The second kappa shape index (κ2) is 13.9. The van der Waals surface area contributed by atoms with Crippen molar-refractivity contribution in [1.29, 1.82) is 0 Å². The van der Waals surface area contributed by atoms with Crippen LogP contribution in [0.1, 0.15) is 36.9 Å². The quantitative estimate of drug-likeness (QED) is 0.166. The number of nitrogens with zero attached hydrogens (tertiary/aromatic N) is 1. The fourth-order valence-corrected chi connectivity index (χ4v) is 4.14. The molecule has 2 aromatic rings. The lowest BCUT2D eigenvalue weighted by Crippen LogP contribution is -2.57. The van der Waals surface area contributed by atoms with Crippen molar-refractivity contribution >= 4 is 29.7 Å². The van der Waals surface area contributed by atoms with Gasteiger partial charge in [-0.15, -0.1) is 0 Å². The smallest absolute Gasteiger partial charge is 0.326 e. The molecule has 1 aromatic heterocycles. The summed E-state index contributed by atoms with van der Waals surface area (Å²) >= 11 is 0. The Morgan fingerprint density at radius 1 is 0.947 bits per heavy atom. The van der Waals surface area contributed by atoms with Crippen LogP contribution in [-0.2, 0) is 36.8 Å². The predicted molar refractivity (Wildman–Crippen MR) is 134 cm³/mol. The average Bonchev–Trinajstić information content (AvgIpc) is 3.60. The number of amides is 3. The molecule has 0 aliphatic carbocycles. The van der Waals surface area contributed by atoms with Gasteiger partial charge in [0, 0.05) is 31.2 Å². The van der Waals surface area contributed by atoms with Gasteiger partial charge in [-0.2, -0.15) is 0 Å². The number of benzene rings is 1. The molecule has 38 heavy (non-hydrogen) atoms. The van der Waals surface area contributed by atoms with Gasteiger partial charge in [0.15, 0.2) is 0 Å². The molecule has 1 aromatic carbocycles. The first-order valence-corrected chi connectivity index (χ1v) is 12.3. The molecule has 3 rings (SSSR count). The molecule has 0 spiro atoms. The highest BCUT2D eigenvalue weighted by Gasteiger charge is 2.32. The number of carbonyl (C=O) groups excluding carboxylic acids is 3. The number of aromatic amines is 1. The van der Waals surface area contributed by atoms with E-state index < -0.39 is 54.3 Å². The van der Waals surface area contributed by atoms with Crippen molar-refractivity contribution in [3.8, 4) is 0 Å². The molecule has 1 saturated heterocycles. The number of carboxylic acids is 2. The van der Waals surface area contributed by atoms with Crippen LogP contribution in [0, 0.1) is 0 Å². The van der Waals surface area contributed by atoms with Crippen LogP contribution in [0.25, 0.3) is 0 Å². The first-order chi connectivity index (χ1) is 18.2. The number of aromatic nitrogens is 2. The highest BCUT2D eigenvalue weighted by Crippen LogP contribution is 2.09. The van der Waals surface area contributed by atoms with Crippen LogP contribution in [-0.4, -0.2) is 80.6 Å². The van der Waals surface area contributed by atoms with Gasteiger partial charge in [-0.3, -0.25) is 19.2 Å². The monoisotopic (exact) mass is 528 g/mol. The van der Waals surface area contributed by atoms with Crippen molar-refractivity contribution in [2.75, 3.05) is 6.54 Å². The van der Waals surface area contributed by atoms with Crippen LogP contribution in [0.2, 0.25) is 0 Å². The Labute approximate surface area is 218 Å². The number of hydrogen-bond acceptors (Lipinski definition) is 7. The third-order valence-electron chi connectivity index (χ3n) is 6.17. The van der Waals surface area contributed by atoms with Crippen LogP contribution in [0.3, 0.4) is 0 Å². The molecule has 13 nitrogen and oxygen atoms in total. The second-order valence-corrected chi connectivity index (χ2v) is 9.07. The van der Waals surface area contributed by atoms with Gasteiger partial charge in [-0.25, -0.2) is 9.78 Å². The molecule has 7 N–H and O–H groups in total. The SMILES string of the molecule is O=C(O)CCC(NC(=O)C(Cc1cnc[nH]1)NC(=O)C1CCCN1)C(=O)NC(Cc1ccccc1)C(=O)O. The number of aliphatic carboxylic acids is 2. The first-order valence-electron chi connectivity index (χ1n) is 12.3. The van der Waals surface area contributed by atoms with Gasteiger partial charge in [0.2, 0.25) is 17.7 Å². The molecule has 0 saturated carbocycles. The van der Waals surface area contributed by atoms with E-state index in [9.17, 15) is 29.1 Å². The Hall–Kier alpha value is -4.26. The van der Waals surface area contributed by atoms with Gasteiger partial charge in [0.1, 0.15) is 18.1 Å². The van der Waals surface area contributed by atoms with E-state index in [0.717, 1.165) is 6.42 Å². The van der Waals surface area contributed by atoms with Crippen LogP contribution in [0.15, 0.2) is 42.9 Å². The predicted octanol–water partition coefficient (Wildman–Crippen LogP) is -0.649. The maximum absolute atomic E-state index is 13.3. The molecule has 204 valence electrons. The standard InChI is InChI=1S/C25H32N6O7/c32-21(33)9-8-18(23(35)31-20(25(37)38)11-15-5-2-1-3-6-15)29-24(36)19(12-16-13-26-14-28-16)30-22(34)17-7-4-10-27-17/h1-3,5-6,13-14,17-20,27H,4,7-12H2,(H,26,28)(H,29,36)(H,30,34)(H,31,35)(H,32,33)(H,37,38). The summed E-state index contributed by atoms with van der Waals surface area (Å²) in [5.74, 6) is -4.40. The molecule has 13 heteroatoms. The van der Waals surface area contributed by atoms with E-state index in [4.69, 9.17) is 5.11 Å². The summed E-state index contributed by atoms with van der Waals surface area (Å²) in [6.45, 7) is 0.681. The van der Waals surface area contributed by atoms with Gasteiger partial charge >= 0.3 is 11.9 Å². The zero-order valence-corrected chi connectivity index (χ0v) is 20.7. The fraction of sp³-hybridized carbons (Fsp3) is 0.440. The maximum atomic E-state index is 13.3. The van der Waals surface area contributed by atoms with Crippen LogP contribution < -0.4 is 21.3 Å². The number of hydrogen-bond donors (Lipinski definition) is 7. The molecular formula is C25H32N6O7. The van der Waals surface area contributed by atoms with Crippen molar-refractivity contribution in [3.63, 3.8) is 0 Å². The molecule has 4 atom stereocenters. The average molecular weight is 529 g/mol. The summed E-state index contributed by atoms with van der Waals surface area (Å²) in [5, 5.41) is 29.5. The van der Waals surface area contributed by atoms with Gasteiger partial charge in [-0.1, -0.05) is 30.3 Å². The minimum absolute atomic E-state index is 0.00555. The van der Waals surface area contributed by atoms with Crippen molar-refractivity contribution in [2.45, 2.75) is 62.7 Å². The van der Waals surface area contributed by atoms with Crippen molar-refractivity contribution < 1.29 is 34.2 Å². The molecular weight excluding hydrogens is 496 g/mol. The number of carbonyl (C=O) groups is 5. The molecule has 2 heterocycles. The van der Waals surface area contributed by atoms with Gasteiger partial charge in [-0.05, 0) is 31.4 Å². The van der Waals surface area contributed by atoms with E-state index in [2.05, 4.69) is 31.2 Å². The maximum Gasteiger partial charge on any atom is 0.326 e. The molecule has 1 fully saturated rings. The molecule has 0 radical (unpaired) electrons. The van der Waals surface area contributed by atoms with Gasteiger partial charge in [0.05, 0.1) is 12.4 Å². The van der Waals surface area contributed by atoms with E-state index in [1.165, 1.54) is 12.5 Å². The number of imidazole rings is 1. The van der Waals surface area contributed by atoms with Crippen molar-refractivity contribution in [1.82, 2.24) is 31.2 Å². The Kier molecular flexibility index (Phi) is 10.3. The molecule has 1 aliphatic heterocycles. The van der Waals surface area contributed by atoms with Gasteiger partial charge in [0.25, 0.3) is 0 Å². The molecule has 3 amide bonds. The Morgan fingerprint density at radius 2 is 1.66 bits per heavy atom. The van der Waals surface area contributed by atoms with Crippen LogP contribution >= 0.6 is 0 Å². The Bertz CT molecular complexity index is 1100. The normalized spacial score (nSPS) is 17.1. The number of H-pyrrole nitrogens is 1. The Balaban J connectivity index is 1.73. The van der Waals surface area contributed by atoms with E-state index in [1.807, 2.05) is 0 Å². The van der Waals surface area contributed by atoms with E-state index in [0.29, 0.717) is 24.2 Å².